The van der Waals surface area contributed by atoms with Gasteiger partial charge in [0, 0.05) is 63.3 Å². The third-order valence-corrected chi connectivity index (χ3v) is 7.21. The van der Waals surface area contributed by atoms with Crippen molar-refractivity contribution in [1.29, 1.82) is 0 Å². The summed E-state index contributed by atoms with van der Waals surface area (Å²) in [6, 6.07) is 5.01. The predicted molar refractivity (Wildman–Crippen MR) is 131 cm³/mol. The summed E-state index contributed by atoms with van der Waals surface area (Å²) in [5, 5.41) is 3.97. The van der Waals surface area contributed by atoms with E-state index in [-0.39, 0.29) is 43.5 Å². The standard InChI is InChI=1S/C23H30F4N6O3S/c1-16-14-32(22(34)33-10-7-21(28-33)29-37(2,35)36)12-11-31(16)15-17-3-4-19(23(25,26)27)20(13-17)30-8-5-18(24)6-9-30/h3-4,7,10,13,16,18H,5-6,8-9,11-12,14-15H2,1-2H3,(H,28,29). The first-order valence-electron chi connectivity index (χ1n) is 12.0. The number of carbonyl (C=O) groups is 1. The Bertz CT molecular complexity index is 1230. The van der Waals surface area contributed by atoms with Crippen molar-refractivity contribution in [2.24, 2.45) is 0 Å². The number of rotatable bonds is 5. The summed E-state index contributed by atoms with van der Waals surface area (Å²) < 4.78 is 80.7. The number of nitrogens with one attached hydrogen (secondary N) is 1. The normalized spacial score (nSPS) is 20.3. The minimum absolute atomic E-state index is 0.0383. The van der Waals surface area contributed by atoms with Crippen LogP contribution < -0.4 is 9.62 Å². The van der Waals surface area contributed by atoms with Gasteiger partial charge < -0.3 is 9.80 Å². The van der Waals surface area contributed by atoms with Gasteiger partial charge in [-0.25, -0.2) is 17.6 Å². The van der Waals surface area contributed by atoms with Gasteiger partial charge in [-0.3, -0.25) is 9.62 Å². The van der Waals surface area contributed by atoms with Crippen LogP contribution in [0.25, 0.3) is 0 Å². The Kier molecular flexibility index (Phi) is 7.70. The van der Waals surface area contributed by atoms with Gasteiger partial charge in [-0.2, -0.15) is 17.9 Å². The predicted octanol–water partition coefficient (Wildman–Crippen LogP) is 3.39. The van der Waals surface area contributed by atoms with Crippen molar-refractivity contribution in [1.82, 2.24) is 19.6 Å². The lowest BCUT2D eigenvalue weighted by molar-refractivity contribution is -0.137. The molecule has 37 heavy (non-hydrogen) atoms. The van der Waals surface area contributed by atoms with Crippen molar-refractivity contribution in [2.75, 3.05) is 48.6 Å². The number of anilines is 2. The molecule has 0 spiro atoms. The minimum atomic E-state index is -4.51. The van der Waals surface area contributed by atoms with Crippen molar-refractivity contribution in [3.8, 4) is 0 Å². The summed E-state index contributed by atoms with van der Waals surface area (Å²) in [6.07, 6.45) is -2.73. The number of benzene rings is 1. The number of hydrogen-bond donors (Lipinski definition) is 1. The SMILES string of the molecule is CC1CN(C(=O)n2ccc(NS(C)(=O)=O)n2)CCN1Cc1ccc(C(F)(F)F)c(N2CCC(F)CC2)c1. The van der Waals surface area contributed by atoms with Crippen molar-refractivity contribution < 1.29 is 30.8 Å². The van der Waals surface area contributed by atoms with E-state index in [1.165, 1.54) is 18.3 Å². The number of nitrogens with zero attached hydrogens (tertiary/aromatic N) is 5. The molecule has 1 aromatic carbocycles. The molecule has 1 atom stereocenters. The second kappa shape index (κ2) is 10.5. The van der Waals surface area contributed by atoms with Gasteiger partial charge in [0.15, 0.2) is 5.82 Å². The van der Waals surface area contributed by atoms with Gasteiger partial charge in [0.1, 0.15) is 6.17 Å². The Morgan fingerprint density at radius 3 is 2.46 bits per heavy atom. The summed E-state index contributed by atoms with van der Waals surface area (Å²) in [4.78, 5) is 18.1. The van der Waals surface area contributed by atoms with Crippen molar-refractivity contribution in [3.63, 3.8) is 0 Å². The fourth-order valence-electron chi connectivity index (χ4n) is 4.72. The Hall–Kier alpha value is -2.87. The van der Waals surface area contributed by atoms with Crippen molar-refractivity contribution in [2.45, 2.75) is 44.7 Å². The Morgan fingerprint density at radius 1 is 1.14 bits per heavy atom. The first kappa shape index (κ1) is 27.2. The fraction of sp³-hybridized carbons (Fsp3) is 0.565. The molecule has 2 saturated heterocycles. The zero-order valence-electron chi connectivity index (χ0n) is 20.6. The van der Waals surface area contributed by atoms with Crippen LogP contribution in [0, 0.1) is 0 Å². The number of carbonyl (C=O) groups excluding carboxylic acids is 1. The molecule has 3 heterocycles. The molecule has 4 rings (SSSR count). The molecule has 0 saturated carbocycles. The topological polar surface area (TPSA) is 90.8 Å². The van der Waals surface area contributed by atoms with Crippen molar-refractivity contribution >= 4 is 27.6 Å². The fourth-order valence-corrected chi connectivity index (χ4v) is 5.21. The van der Waals surface area contributed by atoms with E-state index in [9.17, 15) is 30.8 Å². The number of halogens is 4. The summed E-state index contributed by atoms with van der Waals surface area (Å²) in [7, 11) is -3.52. The molecular formula is C23H30F4N6O3S. The summed E-state index contributed by atoms with van der Waals surface area (Å²) in [5.74, 6) is 0.0383. The molecule has 2 fully saturated rings. The van der Waals surface area contributed by atoms with Gasteiger partial charge in [0.05, 0.1) is 11.8 Å². The Labute approximate surface area is 213 Å². The number of hydrogen-bond acceptors (Lipinski definition) is 6. The van der Waals surface area contributed by atoms with Gasteiger partial charge in [-0.1, -0.05) is 6.07 Å². The molecule has 1 amide bonds. The molecule has 14 heteroatoms. The van der Waals surface area contributed by atoms with E-state index in [1.54, 1.807) is 15.9 Å². The first-order valence-corrected chi connectivity index (χ1v) is 13.9. The van der Waals surface area contributed by atoms with Crippen LogP contribution in [0.5, 0.6) is 0 Å². The van der Waals surface area contributed by atoms with E-state index >= 15 is 0 Å². The zero-order chi connectivity index (χ0) is 27.0. The lowest BCUT2D eigenvalue weighted by atomic mass is 10.0. The van der Waals surface area contributed by atoms with Crippen molar-refractivity contribution in [3.05, 3.63) is 41.6 Å². The van der Waals surface area contributed by atoms with Crippen LogP contribution >= 0.6 is 0 Å². The van der Waals surface area contributed by atoms with Crippen LogP contribution in [-0.4, -0.2) is 85.2 Å². The first-order chi connectivity index (χ1) is 17.3. The second-order valence-electron chi connectivity index (χ2n) is 9.58. The maximum absolute atomic E-state index is 13.7. The highest BCUT2D eigenvalue weighted by atomic mass is 32.2. The molecule has 2 aliphatic heterocycles. The van der Waals surface area contributed by atoms with Gasteiger partial charge in [-0.15, -0.1) is 5.10 Å². The molecule has 0 aliphatic carbocycles. The number of piperidine rings is 1. The molecule has 2 aromatic rings. The molecule has 1 unspecified atom stereocenters. The summed E-state index contributed by atoms with van der Waals surface area (Å²) >= 11 is 0. The average Bonchev–Trinajstić information content (AvgIpc) is 3.26. The summed E-state index contributed by atoms with van der Waals surface area (Å²) in [6.45, 7) is 4.03. The van der Waals surface area contributed by atoms with E-state index in [0.29, 0.717) is 31.7 Å². The molecular weight excluding hydrogens is 516 g/mol. The molecule has 2 aliphatic rings. The van der Waals surface area contributed by atoms with Crippen LogP contribution in [0.4, 0.5) is 33.9 Å². The number of sulfonamides is 1. The van der Waals surface area contributed by atoms with Crippen LogP contribution in [0.15, 0.2) is 30.5 Å². The molecule has 9 nitrogen and oxygen atoms in total. The molecule has 0 radical (unpaired) electrons. The minimum Gasteiger partial charge on any atom is -0.371 e. The second-order valence-corrected chi connectivity index (χ2v) is 11.3. The molecule has 1 N–H and O–H groups in total. The Morgan fingerprint density at radius 2 is 1.84 bits per heavy atom. The van der Waals surface area contributed by atoms with Crippen LogP contribution in [0.2, 0.25) is 0 Å². The number of piperazine rings is 1. The number of amides is 1. The van der Waals surface area contributed by atoms with E-state index < -0.39 is 34.0 Å². The molecule has 1 aromatic heterocycles. The lowest BCUT2D eigenvalue weighted by Crippen LogP contribution is -2.54. The highest BCUT2D eigenvalue weighted by molar-refractivity contribution is 7.92. The van der Waals surface area contributed by atoms with Crippen LogP contribution in [-0.2, 0) is 22.7 Å². The number of aromatic nitrogens is 2. The monoisotopic (exact) mass is 546 g/mol. The quantitative estimate of drug-likeness (QED) is 0.579. The average molecular weight is 547 g/mol. The zero-order valence-corrected chi connectivity index (χ0v) is 21.4. The van der Waals surface area contributed by atoms with Gasteiger partial charge in [0.25, 0.3) is 0 Å². The maximum atomic E-state index is 13.7. The van der Waals surface area contributed by atoms with E-state index in [0.717, 1.165) is 17.0 Å². The van der Waals surface area contributed by atoms with Gasteiger partial charge in [0.2, 0.25) is 10.0 Å². The van der Waals surface area contributed by atoms with Gasteiger partial charge >= 0.3 is 12.2 Å². The van der Waals surface area contributed by atoms with E-state index in [2.05, 4.69) is 14.7 Å². The highest BCUT2D eigenvalue weighted by Crippen LogP contribution is 2.38. The van der Waals surface area contributed by atoms with Crippen LogP contribution in [0.3, 0.4) is 0 Å². The van der Waals surface area contributed by atoms with Crippen LogP contribution in [0.1, 0.15) is 30.9 Å². The third kappa shape index (κ3) is 6.72. The molecule has 204 valence electrons. The van der Waals surface area contributed by atoms with E-state index in [1.807, 2.05) is 6.92 Å². The largest absolute Gasteiger partial charge is 0.418 e. The Balaban J connectivity index is 1.43. The maximum Gasteiger partial charge on any atom is 0.418 e. The third-order valence-electron chi connectivity index (χ3n) is 6.63. The number of alkyl halides is 4. The molecule has 0 bridgehead atoms. The van der Waals surface area contributed by atoms with Gasteiger partial charge in [-0.05, 0) is 37.5 Å². The highest BCUT2D eigenvalue weighted by Gasteiger charge is 2.36. The summed E-state index contributed by atoms with van der Waals surface area (Å²) in [5.41, 5.74) is 0.0668. The lowest BCUT2D eigenvalue weighted by Gasteiger charge is -2.40. The van der Waals surface area contributed by atoms with E-state index in [4.69, 9.17) is 0 Å². The smallest absolute Gasteiger partial charge is 0.371 e.